The van der Waals surface area contributed by atoms with Gasteiger partial charge < -0.3 is 10.7 Å². The van der Waals surface area contributed by atoms with Crippen molar-refractivity contribution in [3.05, 3.63) is 5.41 Å². The first-order valence-corrected chi connectivity index (χ1v) is 9.57. The molecule has 126 valence electrons. The Morgan fingerprint density at radius 3 is 1.43 bits per heavy atom. The minimum absolute atomic E-state index is 1.33. The number of nitrogens with zero attached hydrogens (tertiary/aromatic N) is 1. The van der Waals surface area contributed by atoms with Crippen molar-refractivity contribution in [3.8, 4) is 0 Å². The van der Waals surface area contributed by atoms with Crippen molar-refractivity contribution in [1.82, 2.24) is 0 Å². The summed E-state index contributed by atoms with van der Waals surface area (Å²) < 4.78 is 0. The standard InChI is InChI=1S/C17H37N.CNS/c1-3-5-7-8-9-10-11-12-13-14-15-17-18-16-6-4-2;2-1-3/h18H,3-17H2,1-2H3;/q;-1/p+1. The Hall–Kier alpha value is -0.240. The fourth-order valence-corrected chi connectivity index (χ4v) is 2.45. The average Bonchev–Trinajstić information content (AvgIpc) is 2.48. The molecule has 0 aromatic rings. The van der Waals surface area contributed by atoms with Crippen molar-refractivity contribution >= 4 is 17.4 Å². The highest BCUT2D eigenvalue weighted by Gasteiger charge is 1.94. The van der Waals surface area contributed by atoms with Crippen LogP contribution in [-0.2, 0) is 0 Å². The van der Waals surface area contributed by atoms with E-state index in [2.05, 4.69) is 31.4 Å². The minimum atomic E-state index is 1.33. The summed E-state index contributed by atoms with van der Waals surface area (Å²) in [6.45, 7) is 7.26. The van der Waals surface area contributed by atoms with Crippen molar-refractivity contribution < 1.29 is 5.32 Å². The van der Waals surface area contributed by atoms with Crippen LogP contribution in [0.2, 0.25) is 0 Å². The molecule has 0 rings (SSSR count). The molecule has 0 heterocycles. The molecule has 0 bridgehead atoms. The Morgan fingerprint density at radius 1 is 0.667 bits per heavy atom. The Bertz CT molecular complexity index is 185. The van der Waals surface area contributed by atoms with Crippen molar-refractivity contribution in [2.75, 3.05) is 13.1 Å². The van der Waals surface area contributed by atoms with Crippen LogP contribution in [0.5, 0.6) is 0 Å². The van der Waals surface area contributed by atoms with Gasteiger partial charge in [0.25, 0.3) is 0 Å². The van der Waals surface area contributed by atoms with Gasteiger partial charge in [-0.25, -0.2) is 0 Å². The number of thiocarbonyl (C=S) groups is 1. The van der Waals surface area contributed by atoms with Gasteiger partial charge in [-0.1, -0.05) is 90.3 Å². The number of quaternary nitrogens is 1. The molecule has 0 aliphatic heterocycles. The number of rotatable bonds is 15. The highest BCUT2D eigenvalue weighted by molar-refractivity contribution is 7.78. The highest BCUT2D eigenvalue weighted by atomic mass is 32.1. The van der Waals surface area contributed by atoms with Gasteiger partial charge in [-0.15, -0.1) is 0 Å². The maximum absolute atomic E-state index is 7.13. The first-order valence-electron chi connectivity index (χ1n) is 9.16. The Labute approximate surface area is 139 Å². The molecule has 0 aliphatic rings. The number of isothiocyanates is 1. The number of hydrogen-bond acceptors (Lipinski definition) is 1. The van der Waals surface area contributed by atoms with E-state index in [4.69, 9.17) is 5.41 Å². The zero-order chi connectivity index (χ0) is 16.0. The van der Waals surface area contributed by atoms with Crippen LogP contribution >= 0.6 is 12.2 Å². The predicted molar refractivity (Wildman–Crippen MR) is 99.0 cm³/mol. The molecule has 0 saturated carbocycles. The van der Waals surface area contributed by atoms with Gasteiger partial charge in [0.2, 0.25) is 0 Å². The van der Waals surface area contributed by atoms with Crippen LogP contribution in [0, 0.1) is 0 Å². The molecule has 0 aliphatic carbocycles. The van der Waals surface area contributed by atoms with Gasteiger partial charge in [-0.3, -0.25) is 0 Å². The van der Waals surface area contributed by atoms with Gasteiger partial charge in [0.05, 0.1) is 13.1 Å². The molecule has 0 aromatic heterocycles. The van der Waals surface area contributed by atoms with Gasteiger partial charge in [0.1, 0.15) is 0 Å². The van der Waals surface area contributed by atoms with E-state index in [1.54, 1.807) is 0 Å². The third-order valence-corrected chi connectivity index (χ3v) is 3.77. The molecular weight excluding hydrogens is 276 g/mol. The van der Waals surface area contributed by atoms with E-state index >= 15 is 0 Å². The first-order chi connectivity index (χ1) is 10.3. The van der Waals surface area contributed by atoms with E-state index in [1.807, 2.05) is 0 Å². The molecule has 2 N–H and O–H groups in total. The van der Waals surface area contributed by atoms with Crippen LogP contribution in [0.25, 0.3) is 5.41 Å². The molecule has 0 aromatic carbocycles. The Morgan fingerprint density at radius 2 is 1.00 bits per heavy atom. The second kappa shape index (κ2) is 24.8. The van der Waals surface area contributed by atoms with Crippen LogP contribution in [0.15, 0.2) is 0 Å². The molecule has 2 nitrogen and oxygen atoms in total. The molecular formula is C18H38N2S. The molecule has 0 atom stereocenters. The fourth-order valence-electron chi connectivity index (χ4n) is 2.45. The lowest BCUT2D eigenvalue weighted by atomic mass is 10.1. The quantitative estimate of drug-likeness (QED) is 0.248. The molecule has 21 heavy (non-hydrogen) atoms. The first kappa shape index (κ1) is 23.0. The molecule has 0 fully saturated rings. The summed E-state index contributed by atoms with van der Waals surface area (Å²) in [5.74, 6) is 0. The smallest absolute Gasteiger partial charge is 0.0755 e. The third kappa shape index (κ3) is 28.6. The van der Waals surface area contributed by atoms with Gasteiger partial charge in [0, 0.05) is 0 Å². The molecule has 0 saturated heterocycles. The third-order valence-electron chi connectivity index (χ3n) is 3.77. The van der Waals surface area contributed by atoms with Crippen LogP contribution in [0.1, 0.15) is 97.3 Å². The summed E-state index contributed by atoms with van der Waals surface area (Å²) in [5.41, 5.74) is 0. The lowest BCUT2D eigenvalue weighted by Gasteiger charge is -2.02. The zero-order valence-corrected chi connectivity index (χ0v) is 15.4. The minimum Gasteiger partial charge on any atom is -0.753 e. The van der Waals surface area contributed by atoms with Crippen LogP contribution in [0.3, 0.4) is 0 Å². The number of unbranched alkanes of at least 4 members (excludes halogenated alkanes) is 11. The molecule has 0 unspecified atom stereocenters. The molecule has 0 radical (unpaired) electrons. The van der Waals surface area contributed by atoms with Crippen molar-refractivity contribution in [2.24, 2.45) is 0 Å². The second-order valence-electron chi connectivity index (χ2n) is 5.85. The Balaban J connectivity index is 0. The van der Waals surface area contributed by atoms with Gasteiger partial charge in [-0.2, -0.15) is 5.16 Å². The van der Waals surface area contributed by atoms with Gasteiger partial charge >= 0.3 is 0 Å². The summed E-state index contributed by atoms with van der Waals surface area (Å²) in [5, 5.41) is 11.0. The summed E-state index contributed by atoms with van der Waals surface area (Å²) in [6, 6.07) is 0. The van der Waals surface area contributed by atoms with Crippen LogP contribution in [0.4, 0.5) is 0 Å². The van der Waals surface area contributed by atoms with E-state index < -0.39 is 0 Å². The normalized spacial score (nSPS) is 9.81. The van der Waals surface area contributed by atoms with Gasteiger partial charge in [-0.05, 0) is 19.3 Å². The number of nitrogens with two attached hydrogens (primary N) is 1. The topological polar surface area (TPSA) is 38.9 Å². The monoisotopic (exact) mass is 314 g/mol. The summed E-state index contributed by atoms with van der Waals surface area (Å²) in [7, 11) is 0. The summed E-state index contributed by atoms with van der Waals surface area (Å²) >= 11 is 3.70. The largest absolute Gasteiger partial charge is 0.753 e. The van der Waals surface area contributed by atoms with Crippen molar-refractivity contribution in [1.29, 1.82) is 0 Å². The van der Waals surface area contributed by atoms with Crippen LogP contribution < -0.4 is 5.32 Å². The van der Waals surface area contributed by atoms with E-state index in [9.17, 15) is 0 Å². The van der Waals surface area contributed by atoms with Crippen molar-refractivity contribution in [3.63, 3.8) is 0 Å². The van der Waals surface area contributed by atoms with E-state index in [0.717, 1.165) is 0 Å². The SMILES string of the molecule is CCCCCCCCCCCCC[NH2+]CCCC.[N-]=C=S. The fraction of sp³-hybridized carbons (Fsp3) is 0.944. The predicted octanol–water partition coefficient (Wildman–Crippen LogP) is 5.32. The highest BCUT2D eigenvalue weighted by Crippen LogP contribution is 2.10. The van der Waals surface area contributed by atoms with Crippen LogP contribution in [-0.4, -0.2) is 18.3 Å². The van der Waals surface area contributed by atoms with E-state index in [1.165, 1.54) is 102 Å². The summed E-state index contributed by atoms with van der Waals surface area (Å²) in [4.78, 5) is 0. The molecule has 0 amide bonds. The molecule has 3 heteroatoms. The van der Waals surface area contributed by atoms with E-state index in [-0.39, 0.29) is 0 Å². The summed E-state index contributed by atoms with van der Waals surface area (Å²) in [6.07, 6.45) is 18.7. The lowest BCUT2D eigenvalue weighted by Crippen LogP contribution is -2.84. The van der Waals surface area contributed by atoms with Gasteiger partial charge in [0.15, 0.2) is 0 Å². The van der Waals surface area contributed by atoms with E-state index in [0.29, 0.717) is 0 Å². The molecule has 0 spiro atoms. The second-order valence-corrected chi connectivity index (χ2v) is 6.03. The average molecular weight is 315 g/mol. The maximum Gasteiger partial charge on any atom is 0.0755 e. The zero-order valence-electron chi connectivity index (χ0n) is 14.5. The lowest BCUT2D eigenvalue weighted by molar-refractivity contribution is -0.655. The Kier molecular flexibility index (Phi) is 27.2. The van der Waals surface area contributed by atoms with Crippen molar-refractivity contribution in [2.45, 2.75) is 97.3 Å². The number of hydrogen-bond donors (Lipinski definition) is 1. The maximum atomic E-state index is 7.13.